The van der Waals surface area contributed by atoms with Crippen LogP contribution in [0.2, 0.25) is 0 Å². The quantitative estimate of drug-likeness (QED) is 0.401. The van der Waals surface area contributed by atoms with E-state index in [1.807, 2.05) is 19.1 Å². The maximum atomic E-state index is 13.2. The zero-order valence-electron chi connectivity index (χ0n) is 10.8. The minimum absolute atomic E-state index is 0.0786. The smallest absolute Gasteiger partial charge is 0.273 e. The van der Waals surface area contributed by atoms with Crippen LogP contribution in [-0.2, 0) is 5.75 Å². The van der Waals surface area contributed by atoms with Crippen LogP contribution in [0, 0.1) is 22.9 Å². The highest BCUT2D eigenvalue weighted by molar-refractivity contribution is 7.98. The molecule has 2 aromatic carbocycles. The van der Waals surface area contributed by atoms with Crippen molar-refractivity contribution in [2.75, 3.05) is 5.73 Å². The lowest BCUT2D eigenvalue weighted by atomic mass is 10.2. The lowest BCUT2D eigenvalue weighted by Gasteiger charge is -2.07. The number of benzene rings is 2. The molecule has 0 spiro atoms. The molecule has 2 N–H and O–H groups in total. The van der Waals surface area contributed by atoms with Crippen LogP contribution in [0.25, 0.3) is 0 Å². The van der Waals surface area contributed by atoms with E-state index in [4.69, 9.17) is 5.73 Å². The van der Waals surface area contributed by atoms with Gasteiger partial charge in [0.25, 0.3) is 5.69 Å². The van der Waals surface area contributed by atoms with E-state index >= 15 is 0 Å². The summed E-state index contributed by atoms with van der Waals surface area (Å²) in [5.41, 5.74) is 7.78. The Labute approximate surface area is 119 Å². The number of hydrogen-bond acceptors (Lipinski definition) is 4. The van der Waals surface area contributed by atoms with E-state index in [2.05, 4.69) is 0 Å². The highest BCUT2D eigenvalue weighted by atomic mass is 32.2. The van der Waals surface area contributed by atoms with Crippen molar-refractivity contribution in [3.8, 4) is 0 Å². The van der Waals surface area contributed by atoms with Crippen molar-refractivity contribution in [3.05, 3.63) is 63.5 Å². The predicted molar refractivity (Wildman–Crippen MR) is 78.2 cm³/mol. The summed E-state index contributed by atoms with van der Waals surface area (Å²) < 4.78 is 13.2. The van der Waals surface area contributed by atoms with E-state index in [0.717, 1.165) is 16.5 Å². The van der Waals surface area contributed by atoms with Crippen molar-refractivity contribution in [3.63, 3.8) is 0 Å². The van der Waals surface area contributed by atoms with Crippen LogP contribution >= 0.6 is 11.8 Å². The molecule has 4 nitrogen and oxygen atoms in total. The second kappa shape index (κ2) is 5.92. The number of halogens is 1. The summed E-state index contributed by atoms with van der Waals surface area (Å²) in [6.07, 6.45) is 0. The monoisotopic (exact) mass is 292 g/mol. The second-order valence-electron chi connectivity index (χ2n) is 4.36. The van der Waals surface area contributed by atoms with Crippen LogP contribution in [0.3, 0.4) is 0 Å². The molecule has 2 aromatic rings. The molecule has 0 unspecified atom stereocenters. The van der Waals surface area contributed by atoms with Crippen molar-refractivity contribution >= 4 is 23.1 Å². The molecule has 0 aliphatic carbocycles. The van der Waals surface area contributed by atoms with E-state index in [1.54, 1.807) is 6.07 Å². The Morgan fingerprint density at radius 1 is 1.30 bits per heavy atom. The number of rotatable bonds is 4. The highest BCUT2D eigenvalue weighted by Gasteiger charge is 2.15. The third-order valence-corrected chi connectivity index (χ3v) is 3.91. The Morgan fingerprint density at radius 3 is 2.75 bits per heavy atom. The number of thioether (sulfide) groups is 1. The van der Waals surface area contributed by atoms with Gasteiger partial charge in [-0.2, -0.15) is 0 Å². The van der Waals surface area contributed by atoms with Gasteiger partial charge in [0.2, 0.25) is 0 Å². The van der Waals surface area contributed by atoms with Gasteiger partial charge in [0, 0.05) is 28.0 Å². The molecule has 0 aromatic heterocycles. The standard InChI is InChI=1S/C14H13FN2O2S/c1-9-2-4-12(16)14(6-9)20-8-10-7-11(15)3-5-13(10)17(18)19/h2-7H,8,16H2,1H3. The molecule has 0 heterocycles. The van der Waals surface area contributed by atoms with E-state index in [0.29, 0.717) is 17.0 Å². The second-order valence-corrected chi connectivity index (χ2v) is 5.38. The predicted octanol–water partition coefficient (Wildman–Crippen LogP) is 3.92. The average molecular weight is 292 g/mol. The van der Waals surface area contributed by atoms with E-state index in [1.165, 1.54) is 23.9 Å². The molecular weight excluding hydrogens is 279 g/mol. The van der Waals surface area contributed by atoms with Crippen molar-refractivity contribution in [1.29, 1.82) is 0 Å². The normalized spacial score (nSPS) is 10.5. The summed E-state index contributed by atoms with van der Waals surface area (Å²) >= 11 is 1.36. The Balaban J connectivity index is 2.24. The lowest BCUT2D eigenvalue weighted by molar-refractivity contribution is -0.385. The van der Waals surface area contributed by atoms with Crippen LogP contribution in [0.1, 0.15) is 11.1 Å². The zero-order valence-corrected chi connectivity index (χ0v) is 11.6. The van der Waals surface area contributed by atoms with E-state index in [-0.39, 0.29) is 5.69 Å². The number of nitrogen functional groups attached to an aromatic ring is 1. The topological polar surface area (TPSA) is 69.2 Å². The van der Waals surface area contributed by atoms with Gasteiger partial charge in [0.05, 0.1) is 4.92 Å². The van der Waals surface area contributed by atoms with Gasteiger partial charge in [-0.3, -0.25) is 10.1 Å². The van der Waals surface area contributed by atoms with Crippen molar-refractivity contribution in [2.24, 2.45) is 0 Å². The molecule has 0 saturated carbocycles. The van der Waals surface area contributed by atoms with Gasteiger partial charge in [-0.05, 0) is 36.8 Å². The van der Waals surface area contributed by atoms with Gasteiger partial charge in [-0.25, -0.2) is 4.39 Å². The third-order valence-electron chi connectivity index (χ3n) is 2.79. The summed E-state index contributed by atoms with van der Waals surface area (Å²) in [5, 5.41) is 10.9. The minimum Gasteiger partial charge on any atom is -0.398 e. The van der Waals surface area contributed by atoms with Gasteiger partial charge in [-0.1, -0.05) is 6.07 Å². The largest absolute Gasteiger partial charge is 0.398 e. The number of hydrogen-bond donors (Lipinski definition) is 1. The Hall–Kier alpha value is -2.08. The summed E-state index contributed by atoms with van der Waals surface area (Å²) in [7, 11) is 0. The first-order valence-corrected chi connectivity index (χ1v) is 6.87. The first-order chi connectivity index (χ1) is 9.47. The molecule has 0 aliphatic heterocycles. The van der Waals surface area contributed by atoms with Gasteiger partial charge in [-0.15, -0.1) is 11.8 Å². The number of nitrogens with zero attached hydrogens (tertiary/aromatic N) is 1. The van der Waals surface area contributed by atoms with Crippen LogP contribution in [0.5, 0.6) is 0 Å². The van der Waals surface area contributed by atoms with Gasteiger partial charge in [0.1, 0.15) is 5.82 Å². The highest BCUT2D eigenvalue weighted by Crippen LogP contribution is 2.32. The Kier molecular flexibility index (Phi) is 4.24. The number of nitro benzene ring substituents is 1. The molecule has 0 saturated heterocycles. The molecule has 2 rings (SSSR count). The molecule has 104 valence electrons. The minimum atomic E-state index is -0.505. The van der Waals surface area contributed by atoms with Gasteiger partial charge < -0.3 is 5.73 Å². The average Bonchev–Trinajstić information content (AvgIpc) is 2.39. The SMILES string of the molecule is Cc1ccc(N)c(SCc2cc(F)ccc2[N+](=O)[O-])c1. The molecule has 0 fully saturated rings. The summed E-state index contributed by atoms with van der Waals surface area (Å²) in [4.78, 5) is 11.2. The number of anilines is 1. The first-order valence-electron chi connectivity index (χ1n) is 5.89. The van der Waals surface area contributed by atoms with Crippen LogP contribution in [0.15, 0.2) is 41.3 Å². The van der Waals surface area contributed by atoms with Crippen molar-refractivity contribution in [2.45, 2.75) is 17.6 Å². The van der Waals surface area contributed by atoms with E-state index in [9.17, 15) is 14.5 Å². The molecule has 0 atom stereocenters. The fourth-order valence-corrected chi connectivity index (χ4v) is 2.82. The third kappa shape index (κ3) is 3.27. The van der Waals surface area contributed by atoms with Crippen molar-refractivity contribution in [1.82, 2.24) is 0 Å². The number of nitro groups is 1. The van der Waals surface area contributed by atoms with Crippen LogP contribution < -0.4 is 5.73 Å². The number of nitrogens with two attached hydrogens (primary N) is 1. The summed E-state index contributed by atoms with van der Waals surface area (Å²) in [6, 6.07) is 9.06. The number of aryl methyl sites for hydroxylation is 1. The molecule has 0 amide bonds. The zero-order chi connectivity index (χ0) is 14.7. The maximum absolute atomic E-state index is 13.2. The first kappa shape index (κ1) is 14.3. The van der Waals surface area contributed by atoms with E-state index < -0.39 is 10.7 Å². The molecular formula is C14H13FN2O2S. The van der Waals surface area contributed by atoms with Crippen molar-refractivity contribution < 1.29 is 9.31 Å². The fraction of sp³-hybridized carbons (Fsp3) is 0.143. The molecule has 0 bridgehead atoms. The molecule has 6 heteroatoms. The lowest BCUT2D eigenvalue weighted by Crippen LogP contribution is -1.96. The Morgan fingerprint density at radius 2 is 2.05 bits per heavy atom. The molecule has 0 radical (unpaired) electrons. The maximum Gasteiger partial charge on any atom is 0.273 e. The molecule has 0 aliphatic rings. The van der Waals surface area contributed by atoms with Crippen LogP contribution in [0.4, 0.5) is 15.8 Å². The van der Waals surface area contributed by atoms with Crippen LogP contribution in [-0.4, -0.2) is 4.92 Å². The Bertz CT molecular complexity index is 662. The summed E-state index contributed by atoms with van der Waals surface area (Å²) in [5.74, 6) is -0.190. The van der Waals surface area contributed by atoms with Gasteiger partial charge in [0.15, 0.2) is 0 Å². The molecule has 20 heavy (non-hydrogen) atoms. The fourth-order valence-electron chi connectivity index (χ4n) is 1.77. The van der Waals surface area contributed by atoms with Gasteiger partial charge >= 0.3 is 0 Å². The summed E-state index contributed by atoms with van der Waals surface area (Å²) in [6.45, 7) is 1.94.